The summed E-state index contributed by atoms with van der Waals surface area (Å²) >= 11 is 0. The van der Waals surface area contributed by atoms with Crippen molar-refractivity contribution in [1.29, 1.82) is 0 Å². The maximum atomic E-state index is 12.4. The van der Waals surface area contributed by atoms with Crippen LogP contribution in [0.4, 0.5) is 0 Å². The number of nitrogens with zero attached hydrogens (tertiary/aromatic N) is 3. The van der Waals surface area contributed by atoms with E-state index in [1.807, 2.05) is 13.8 Å². The van der Waals surface area contributed by atoms with Crippen LogP contribution in [0.5, 0.6) is 0 Å². The van der Waals surface area contributed by atoms with Crippen LogP contribution in [-0.4, -0.2) is 66.1 Å². The van der Waals surface area contributed by atoms with Gasteiger partial charge in [-0.25, -0.2) is 4.79 Å². The molecule has 28 heavy (non-hydrogen) atoms. The first-order chi connectivity index (χ1) is 13.1. The molecule has 0 radical (unpaired) electrons. The molecule has 2 N–H and O–H groups in total. The topological polar surface area (TPSA) is 160 Å². The van der Waals surface area contributed by atoms with Crippen LogP contribution in [0.3, 0.4) is 0 Å². The average molecular weight is 400 g/mol. The van der Waals surface area contributed by atoms with E-state index in [9.17, 15) is 19.5 Å². The van der Waals surface area contributed by atoms with Gasteiger partial charge in [0.2, 0.25) is 11.5 Å². The zero-order chi connectivity index (χ0) is 21.5. The molecular formula is C17H28N4O7. The summed E-state index contributed by atoms with van der Waals surface area (Å²) in [5.41, 5.74) is 6.70. The van der Waals surface area contributed by atoms with Gasteiger partial charge in [-0.3, -0.25) is 9.59 Å². The molecule has 0 aliphatic heterocycles. The van der Waals surface area contributed by atoms with Crippen LogP contribution in [0, 0.1) is 0 Å². The number of esters is 2. The lowest BCUT2D eigenvalue weighted by Crippen LogP contribution is -2.70. The van der Waals surface area contributed by atoms with Crippen LogP contribution in [0.15, 0.2) is 5.11 Å². The van der Waals surface area contributed by atoms with Gasteiger partial charge in [0.25, 0.3) is 0 Å². The van der Waals surface area contributed by atoms with Crippen molar-refractivity contribution in [3.63, 3.8) is 0 Å². The molecule has 0 saturated heterocycles. The molecule has 0 aromatic heterocycles. The Bertz CT molecular complexity index is 633. The summed E-state index contributed by atoms with van der Waals surface area (Å²) < 4.78 is 15.9. The zero-order valence-electron chi connectivity index (χ0n) is 16.7. The van der Waals surface area contributed by atoms with E-state index < -0.39 is 47.7 Å². The second kappa shape index (κ2) is 10.3. The van der Waals surface area contributed by atoms with Crippen molar-refractivity contribution in [3.8, 4) is 0 Å². The lowest BCUT2D eigenvalue weighted by Gasteiger charge is -2.48. The molecule has 11 heteroatoms. The Morgan fingerprint density at radius 2 is 1.93 bits per heavy atom. The summed E-state index contributed by atoms with van der Waals surface area (Å²) in [5.74, 6) is -2.30. The van der Waals surface area contributed by atoms with Gasteiger partial charge in [0.15, 0.2) is 6.10 Å². The highest BCUT2D eigenvalue weighted by Gasteiger charge is 2.60. The fourth-order valence-electron chi connectivity index (χ4n) is 3.43. The van der Waals surface area contributed by atoms with Crippen LogP contribution < -0.4 is 5.32 Å². The first-order valence-electron chi connectivity index (χ1n) is 9.09. The SMILES string of the molecule is CCC(CC)O[C@@H]1C[C@](O)(C(=O)OC)[C@@H](OC(C)=O)[C@H](N=[N+]=[N-])[C@H]1NC(C)=O. The smallest absolute Gasteiger partial charge is 0.341 e. The number of hydrogen-bond donors (Lipinski definition) is 2. The molecule has 1 amide bonds. The van der Waals surface area contributed by atoms with Crippen LogP contribution in [0.25, 0.3) is 10.4 Å². The first kappa shape index (κ1) is 23.7. The third-order valence-electron chi connectivity index (χ3n) is 4.73. The summed E-state index contributed by atoms with van der Waals surface area (Å²) in [6.45, 7) is 6.17. The van der Waals surface area contributed by atoms with E-state index in [4.69, 9.17) is 19.7 Å². The zero-order valence-corrected chi connectivity index (χ0v) is 16.7. The Labute approximate surface area is 163 Å². The number of rotatable bonds is 8. The van der Waals surface area contributed by atoms with Gasteiger partial charge in [-0.15, -0.1) is 0 Å². The van der Waals surface area contributed by atoms with E-state index in [1.165, 1.54) is 6.92 Å². The predicted octanol–water partition coefficient (Wildman–Crippen LogP) is 0.983. The fraction of sp³-hybridized carbons (Fsp3) is 0.824. The minimum absolute atomic E-state index is 0.222. The van der Waals surface area contributed by atoms with Crippen molar-refractivity contribution in [2.24, 2.45) is 5.11 Å². The van der Waals surface area contributed by atoms with Crippen LogP contribution in [-0.2, 0) is 28.6 Å². The first-order valence-corrected chi connectivity index (χ1v) is 9.09. The van der Waals surface area contributed by atoms with Gasteiger partial charge in [-0.1, -0.05) is 19.0 Å². The second-order valence-electron chi connectivity index (χ2n) is 6.68. The number of hydrogen-bond acceptors (Lipinski definition) is 8. The summed E-state index contributed by atoms with van der Waals surface area (Å²) in [6.07, 6.45) is -1.70. The quantitative estimate of drug-likeness (QED) is 0.266. The van der Waals surface area contributed by atoms with Crippen LogP contribution in [0.1, 0.15) is 47.0 Å². The van der Waals surface area contributed by atoms with Crippen molar-refractivity contribution in [2.45, 2.75) is 83.0 Å². The summed E-state index contributed by atoms with van der Waals surface area (Å²) in [7, 11) is 1.07. The molecule has 1 saturated carbocycles. The van der Waals surface area contributed by atoms with Gasteiger partial charge in [0.1, 0.15) is 6.04 Å². The summed E-state index contributed by atoms with van der Waals surface area (Å²) in [6, 6.07) is -2.22. The highest BCUT2D eigenvalue weighted by Crippen LogP contribution is 2.37. The van der Waals surface area contributed by atoms with Crippen molar-refractivity contribution in [3.05, 3.63) is 10.4 Å². The number of nitrogens with one attached hydrogen (secondary N) is 1. The fourth-order valence-corrected chi connectivity index (χ4v) is 3.43. The molecule has 1 aliphatic rings. The third-order valence-corrected chi connectivity index (χ3v) is 4.73. The second-order valence-corrected chi connectivity index (χ2v) is 6.68. The molecule has 0 unspecified atom stereocenters. The molecule has 1 fully saturated rings. The molecule has 0 aromatic carbocycles. The summed E-state index contributed by atoms with van der Waals surface area (Å²) in [4.78, 5) is 38.5. The normalized spacial score (nSPS) is 29.5. The molecule has 0 aromatic rings. The van der Waals surface area contributed by atoms with Crippen molar-refractivity contribution in [1.82, 2.24) is 5.32 Å². The van der Waals surface area contributed by atoms with E-state index in [2.05, 4.69) is 15.3 Å². The number of carbonyl (C=O) groups excluding carboxylic acids is 3. The van der Waals surface area contributed by atoms with E-state index in [0.29, 0.717) is 12.8 Å². The molecule has 0 bridgehead atoms. The number of ether oxygens (including phenoxy) is 3. The molecular weight excluding hydrogens is 372 g/mol. The van der Waals surface area contributed by atoms with Crippen molar-refractivity contribution < 1.29 is 33.7 Å². The highest BCUT2D eigenvalue weighted by atomic mass is 16.6. The monoisotopic (exact) mass is 400 g/mol. The largest absolute Gasteiger partial charge is 0.467 e. The van der Waals surface area contributed by atoms with Gasteiger partial charge in [-0.2, -0.15) is 0 Å². The molecule has 1 rings (SSSR count). The van der Waals surface area contributed by atoms with Crippen molar-refractivity contribution >= 4 is 17.8 Å². The maximum absolute atomic E-state index is 12.4. The molecule has 11 nitrogen and oxygen atoms in total. The number of amides is 1. The van der Waals surface area contributed by atoms with Gasteiger partial charge in [0.05, 0.1) is 25.4 Å². The Morgan fingerprint density at radius 3 is 2.36 bits per heavy atom. The van der Waals surface area contributed by atoms with Crippen LogP contribution in [0.2, 0.25) is 0 Å². The Kier molecular flexibility index (Phi) is 8.67. The lowest BCUT2D eigenvalue weighted by molar-refractivity contribution is -0.210. The number of carbonyl (C=O) groups is 3. The maximum Gasteiger partial charge on any atom is 0.341 e. The summed E-state index contributed by atoms with van der Waals surface area (Å²) in [5, 5.41) is 17.3. The Balaban J connectivity index is 3.51. The lowest BCUT2D eigenvalue weighted by atomic mass is 9.74. The highest BCUT2D eigenvalue weighted by molar-refractivity contribution is 5.81. The number of azide groups is 1. The molecule has 0 spiro atoms. The molecule has 1 aliphatic carbocycles. The third kappa shape index (κ3) is 5.34. The average Bonchev–Trinajstić information content (AvgIpc) is 2.64. The van der Waals surface area contributed by atoms with E-state index in [1.54, 1.807) is 0 Å². The van der Waals surface area contributed by atoms with E-state index in [0.717, 1.165) is 14.0 Å². The minimum atomic E-state index is -2.31. The molecule has 158 valence electrons. The Morgan fingerprint density at radius 1 is 1.32 bits per heavy atom. The predicted molar refractivity (Wildman–Crippen MR) is 96.9 cm³/mol. The number of aliphatic hydroxyl groups is 1. The van der Waals surface area contributed by atoms with E-state index >= 15 is 0 Å². The van der Waals surface area contributed by atoms with Crippen LogP contribution >= 0.6 is 0 Å². The molecule has 5 atom stereocenters. The van der Waals surface area contributed by atoms with Gasteiger partial charge in [0, 0.05) is 25.2 Å². The Hall–Kier alpha value is -2.36. The van der Waals surface area contributed by atoms with Crippen molar-refractivity contribution in [2.75, 3.05) is 7.11 Å². The van der Waals surface area contributed by atoms with E-state index in [-0.39, 0.29) is 12.5 Å². The van der Waals surface area contributed by atoms with Gasteiger partial charge in [-0.05, 0) is 18.4 Å². The van der Waals surface area contributed by atoms with Gasteiger partial charge < -0.3 is 24.6 Å². The van der Waals surface area contributed by atoms with Gasteiger partial charge >= 0.3 is 11.9 Å². The minimum Gasteiger partial charge on any atom is -0.467 e. The number of methoxy groups -OCH3 is 1. The standard InChI is InChI=1S/C17H28N4O7/c1-6-11(7-2)28-12-8-17(25,16(24)26-5)15(27-10(4)23)14(20-21-18)13(12)19-9(3)22/h11-15,25H,6-8H2,1-5H3,(H,19,22)/t12-,13+,14-,15+,17-/m1/s1. The molecule has 0 heterocycles.